The van der Waals surface area contributed by atoms with Crippen LogP contribution < -0.4 is 11.1 Å². The molecule has 0 aliphatic heterocycles. The fourth-order valence-corrected chi connectivity index (χ4v) is 3.69. The van der Waals surface area contributed by atoms with Crippen LogP contribution in [0.15, 0.2) is 0 Å². The van der Waals surface area contributed by atoms with Crippen LogP contribution in [-0.2, 0) is 4.79 Å². The summed E-state index contributed by atoms with van der Waals surface area (Å²) in [4.78, 5) is 12.2. The van der Waals surface area contributed by atoms with Crippen molar-refractivity contribution in [1.29, 1.82) is 0 Å². The van der Waals surface area contributed by atoms with Crippen molar-refractivity contribution in [2.75, 3.05) is 6.54 Å². The second kappa shape index (κ2) is 6.55. The molecule has 2 saturated carbocycles. The maximum atomic E-state index is 12.2. The molecule has 1 amide bonds. The van der Waals surface area contributed by atoms with Gasteiger partial charge in [-0.05, 0) is 37.6 Å². The van der Waals surface area contributed by atoms with Crippen LogP contribution >= 0.6 is 0 Å². The van der Waals surface area contributed by atoms with Crippen LogP contribution in [0.2, 0.25) is 0 Å². The van der Waals surface area contributed by atoms with Gasteiger partial charge in [0, 0.05) is 12.0 Å². The first kappa shape index (κ1) is 13.9. The zero-order chi connectivity index (χ0) is 13.0. The summed E-state index contributed by atoms with van der Waals surface area (Å²) in [6.07, 6.45) is 9.95. The Balaban J connectivity index is 1.75. The van der Waals surface area contributed by atoms with Gasteiger partial charge < -0.3 is 11.1 Å². The molecule has 0 aromatic carbocycles. The first-order chi connectivity index (χ1) is 8.70. The molecule has 2 aliphatic carbocycles. The average Bonchev–Trinajstić information content (AvgIpc) is 2.99. The highest BCUT2D eigenvalue weighted by Gasteiger charge is 2.29. The van der Waals surface area contributed by atoms with E-state index in [4.69, 9.17) is 5.73 Å². The number of hydrogen-bond donors (Lipinski definition) is 2. The fraction of sp³-hybridized carbons (Fsp3) is 0.933. The third kappa shape index (κ3) is 3.47. The van der Waals surface area contributed by atoms with Crippen molar-refractivity contribution < 1.29 is 4.79 Å². The van der Waals surface area contributed by atoms with Crippen molar-refractivity contribution in [3.05, 3.63) is 0 Å². The van der Waals surface area contributed by atoms with E-state index in [1.165, 1.54) is 38.5 Å². The Hall–Kier alpha value is -0.570. The molecule has 3 N–H and O–H groups in total. The maximum absolute atomic E-state index is 12.2. The molecular weight excluding hydrogens is 224 g/mol. The summed E-state index contributed by atoms with van der Waals surface area (Å²) in [6, 6.07) is 0.341. The van der Waals surface area contributed by atoms with Gasteiger partial charge in [-0.15, -0.1) is 0 Å². The van der Waals surface area contributed by atoms with Crippen LogP contribution in [0.3, 0.4) is 0 Å². The standard InChI is InChI=1S/C15H28N2O/c1-11(9-12-5-2-3-6-12)15(18)17-14-8-4-7-13(14)10-16/h11-14H,2-10,16H2,1H3,(H,17,18). The third-order valence-corrected chi connectivity index (χ3v) is 4.90. The number of nitrogens with two attached hydrogens (primary N) is 1. The maximum Gasteiger partial charge on any atom is 0.223 e. The molecule has 3 nitrogen and oxygen atoms in total. The van der Waals surface area contributed by atoms with Crippen molar-refractivity contribution in [2.24, 2.45) is 23.5 Å². The van der Waals surface area contributed by atoms with Gasteiger partial charge in [0.2, 0.25) is 5.91 Å². The molecule has 0 aromatic heterocycles. The van der Waals surface area contributed by atoms with Crippen LogP contribution in [0.4, 0.5) is 0 Å². The number of carbonyl (C=O) groups is 1. The zero-order valence-electron chi connectivity index (χ0n) is 11.7. The smallest absolute Gasteiger partial charge is 0.223 e. The fourth-order valence-electron chi connectivity index (χ4n) is 3.69. The first-order valence-corrected chi connectivity index (χ1v) is 7.71. The molecule has 104 valence electrons. The highest BCUT2D eigenvalue weighted by atomic mass is 16.1. The van der Waals surface area contributed by atoms with Gasteiger partial charge >= 0.3 is 0 Å². The lowest BCUT2D eigenvalue weighted by molar-refractivity contribution is -0.126. The number of hydrogen-bond acceptors (Lipinski definition) is 2. The Morgan fingerprint density at radius 2 is 1.94 bits per heavy atom. The Morgan fingerprint density at radius 3 is 2.61 bits per heavy atom. The van der Waals surface area contributed by atoms with E-state index in [1.54, 1.807) is 0 Å². The Bertz CT molecular complexity index is 274. The molecule has 2 rings (SSSR count). The van der Waals surface area contributed by atoms with E-state index in [0.29, 0.717) is 18.5 Å². The molecule has 0 bridgehead atoms. The van der Waals surface area contributed by atoms with Crippen molar-refractivity contribution >= 4 is 5.91 Å². The second-order valence-corrected chi connectivity index (χ2v) is 6.33. The lowest BCUT2D eigenvalue weighted by atomic mass is 9.93. The average molecular weight is 252 g/mol. The molecule has 3 unspecified atom stereocenters. The van der Waals surface area contributed by atoms with E-state index in [2.05, 4.69) is 12.2 Å². The molecule has 0 radical (unpaired) electrons. The summed E-state index contributed by atoms with van der Waals surface area (Å²) in [6.45, 7) is 2.79. The monoisotopic (exact) mass is 252 g/mol. The summed E-state index contributed by atoms with van der Waals surface area (Å²) in [5, 5.41) is 3.23. The molecular formula is C15H28N2O. The minimum atomic E-state index is 0.173. The Labute approximate surface area is 111 Å². The van der Waals surface area contributed by atoms with Gasteiger partial charge in [-0.2, -0.15) is 0 Å². The number of amides is 1. The number of rotatable bonds is 5. The lowest BCUT2D eigenvalue weighted by Gasteiger charge is -2.23. The van der Waals surface area contributed by atoms with Gasteiger partial charge in [-0.25, -0.2) is 0 Å². The summed E-state index contributed by atoms with van der Waals surface area (Å²) in [5.41, 5.74) is 5.76. The molecule has 18 heavy (non-hydrogen) atoms. The van der Waals surface area contributed by atoms with E-state index in [-0.39, 0.29) is 11.8 Å². The van der Waals surface area contributed by atoms with E-state index in [1.807, 2.05) is 0 Å². The molecule has 2 aliphatic rings. The molecule has 0 aromatic rings. The van der Waals surface area contributed by atoms with Crippen molar-refractivity contribution in [2.45, 2.75) is 64.3 Å². The van der Waals surface area contributed by atoms with Crippen LogP contribution in [0.1, 0.15) is 58.3 Å². The normalized spacial score (nSPS) is 30.6. The summed E-state index contributed by atoms with van der Waals surface area (Å²) >= 11 is 0. The predicted molar refractivity (Wildman–Crippen MR) is 74.1 cm³/mol. The highest BCUT2D eigenvalue weighted by Crippen LogP contribution is 2.31. The van der Waals surface area contributed by atoms with Crippen LogP contribution in [0, 0.1) is 17.8 Å². The Morgan fingerprint density at radius 1 is 1.22 bits per heavy atom. The number of nitrogens with one attached hydrogen (secondary N) is 1. The lowest BCUT2D eigenvalue weighted by Crippen LogP contribution is -2.42. The van der Waals surface area contributed by atoms with E-state index in [9.17, 15) is 4.79 Å². The molecule has 0 heterocycles. The quantitative estimate of drug-likeness (QED) is 0.789. The van der Waals surface area contributed by atoms with Gasteiger partial charge in [0.1, 0.15) is 0 Å². The Kier molecular flexibility index (Phi) is 5.04. The van der Waals surface area contributed by atoms with Crippen molar-refractivity contribution in [3.8, 4) is 0 Å². The van der Waals surface area contributed by atoms with E-state index >= 15 is 0 Å². The minimum absolute atomic E-state index is 0.173. The molecule has 2 fully saturated rings. The summed E-state index contributed by atoms with van der Waals surface area (Å²) in [5.74, 6) is 1.73. The van der Waals surface area contributed by atoms with Crippen molar-refractivity contribution in [3.63, 3.8) is 0 Å². The summed E-state index contributed by atoms with van der Waals surface area (Å²) < 4.78 is 0. The van der Waals surface area contributed by atoms with Gasteiger partial charge in [0.15, 0.2) is 0 Å². The predicted octanol–water partition coefficient (Wildman–Crippen LogP) is 2.45. The van der Waals surface area contributed by atoms with Gasteiger partial charge in [-0.1, -0.05) is 39.0 Å². The largest absolute Gasteiger partial charge is 0.353 e. The number of carbonyl (C=O) groups excluding carboxylic acids is 1. The second-order valence-electron chi connectivity index (χ2n) is 6.33. The van der Waals surface area contributed by atoms with Crippen LogP contribution in [0.25, 0.3) is 0 Å². The van der Waals surface area contributed by atoms with Crippen molar-refractivity contribution in [1.82, 2.24) is 5.32 Å². The SMILES string of the molecule is CC(CC1CCCC1)C(=O)NC1CCCC1CN. The van der Waals surface area contributed by atoms with Gasteiger partial charge in [0.25, 0.3) is 0 Å². The first-order valence-electron chi connectivity index (χ1n) is 7.71. The van der Waals surface area contributed by atoms with Gasteiger partial charge in [0.05, 0.1) is 0 Å². The molecule has 0 saturated heterocycles. The highest BCUT2D eigenvalue weighted by molar-refractivity contribution is 5.78. The van der Waals surface area contributed by atoms with E-state index < -0.39 is 0 Å². The molecule has 0 spiro atoms. The van der Waals surface area contributed by atoms with Crippen LogP contribution in [-0.4, -0.2) is 18.5 Å². The topological polar surface area (TPSA) is 55.1 Å². The molecule has 3 atom stereocenters. The van der Waals surface area contributed by atoms with E-state index in [0.717, 1.165) is 18.8 Å². The van der Waals surface area contributed by atoms with Gasteiger partial charge in [-0.3, -0.25) is 4.79 Å². The summed E-state index contributed by atoms with van der Waals surface area (Å²) in [7, 11) is 0. The molecule has 3 heteroatoms. The minimum Gasteiger partial charge on any atom is -0.353 e. The zero-order valence-corrected chi connectivity index (χ0v) is 11.7. The third-order valence-electron chi connectivity index (χ3n) is 4.90. The van der Waals surface area contributed by atoms with Crippen LogP contribution in [0.5, 0.6) is 0 Å².